The van der Waals surface area contributed by atoms with E-state index in [4.69, 9.17) is 9.84 Å². The second-order valence-corrected chi connectivity index (χ2v) is 3.93. The fourth-order valence-corrected chi connectivity index (χ4v) is 1.40. The topological polar surface area (TPSA) is 63.6 Å². The molecular formula is C12H12O4. The van der Waals surface area contributed by atoms with Gasteiger partial charge in [-0.1, -0.05) is 6.07 Å². The predicted octanol–water partition coefficient (Wildman–Crippen LogP) is 1.99. The lowest BCUT2D eigenvalue weighted by molar-refractivity contribution is 0.0691. The molecule has 1 saturated carbocycles. The van der Waals surface area contributed by atoms with Gasteiger partial charge in [-0.05, 0) is 30.9 Å². The Kier molecular flexibility index (Phi) is 2.90. The van der Waals surface area contributed by atoms with Gasteiger partial charge < -0.3 is 9.84 Å². The quantitative estimate of drug-likeness (QED) is 0.771. The van der Waals surface area contributed by atoms with Crippen molar-refractivity contribution in [3.63, 3.8) is 0 Å². The Bertz CT molecular complexity index is 421. The Balaban J connectivity index is 2.21. The molecule has 0 bridgehead atoms. The van der Waals surface area contributed by atoms with Crippen LogP contribution in [0.4, 0.5) is 0 Å². The molecule has 2 rings (SSSR count). The molecule has 1 N–H and O–H groups in total. The van der Waals surface area contributed by atoms with Crippen LogP contribution in [-0.2, 0) is 0 Å². The fraction of sp³-hybridized carbons (Fsp3) is 0.333. The summed E-state index contributed by atoms with van der Waals surface area (Å²) in [6.07, 6.45) is 2.95. The summed E-state index contributed by atoms with van der Waals surface area (Å²) in [5.74, 6) is -0.214. The van der Waals surface area contributed by atoms with Gasteiger partial charge in [0.2, 0.25) is 0 Å². The van der Waals surface area contributed by atoms with Gasteiger partial charge in [-0.3, -0.25) is 4.79 Å². The van der Waals surface area contributed by atoms with Crippen molar-refractivity contribution in [3.8, 4) is 5.75 Å². The third-order valence-corrected chi connectivity index (χ3v) is 2.54. The van der Waals surface area contributed by atoms with Crippen LogP contribution in [0.15, 0.2) is 18.2 Å². The zero-order valence-electron chi connectivity index (χ0n) is 8.68. The van der Waals surface area contributed by atoms with Crippen LogP contribution in [0.1, 0.15) is 33.6 Å². The van der Waals surface area contributed by atoms with E-state index >= 15 is 0 Å². The molecule has 1 aliphatic carbocycles. The molecule has 84 valence electrons. The first-order valence-corrected chi connectivity index (χ1v) is 5.16. The van der Waals surface area contributed by atoms with E-state index in [1.165, 1.54) is 18.2 Å². The highest BCUT2D eigenvalue weighted by Crippen LogP contribution is 2.30. The lowest BCUT2D eigenvalue weighted by atomic mass is 10.1. The van der Waals surface area contributed by atoms with E-state index in [9.17, 15) is 9.59 Å². The Morgan fingerprint density at radius 1 is 1.50 bits per heavy atom. The van der Waals surface area contributed by atoms with E-state index in [-0.39, 0.29) is 11.3 Å². The first-order chi connectivity index (χ1) is 7.70. The minimum absolute atomic E-state index is 0.103. The van der Waals surface area contributed by atoms with E-state index in [0.29, 0.717) is 24.4 Å². The summed E-state index contributed by atoms with van der Waals surface area (Å²) in [6, 6.07) is 4.34. The lowest BCUT2D eigenvalue weighted by Crippen LogP contribution is -2.06. The number of rotatable bonds is 5. The van der Waals surface area contributed by atoms with Crippen molar-refractivity contribution in [2.45, 2.75) is 12.8 Å². The maximum absolute atomic E-state index is 10.9. The zero-order valence-corrected chi connectivity index (χ0v) is 8.68. The highest BCUT2D eigenvalue weighted by atomic mass is 16.5. The Morgan fingerprint density at radius 3 is 2.81 bits per heavy atom. The van der Waals surface area contributed by atoms with Gasteiger partial charge in [-0.2, -0.15) is 0 Å². The van der Waals surface area contributed by atoms with Crippen molar-refractivity contribution < 1.29 is 19.4 Å². The van der Waals surface area contributed by atoms with Crippen molar-refractivity contribution in [2.75, 3.05) is 6.61 Å². The Hall–Kier alpha value is -1.84. The number of carbonyl (C=O) groups excluding carboxylic acids is 1. The van der Waals surface area contributed by atoms with E-state index in [1.54, 1.807) is 0 Å². The third kappa shape index (κ3) is 2.39. The summed E-state index contributed by atoms with van der Waals surface area (Å²) < 4.78 is 5.43. The van der Waals surface area contributed by atoms with E-state index in [1.807, 2.05) is 0 Å². The molecule has 16 heavy (non-hydrogen) atoms. The predicted molar refractivity (Wildman–Crippen MR) is 57.0 cm³/mol. The summed E-state index contributed by atoms with van der Waals surface area (Å²) in [5.41, 5.74) is 0.530. The molecule has 0 aromatic heterocycles. The van der Waals surface area contributed by atoms with Gasteiger partial charge in [0.05, 0.1) is 6.61 Å². The number of carboxylic acid groups (broad SMARTS) is 1. The van der Waals surface area contributed by atoms with Gasteiger partial charge in [-0.15, -0.1) is 0 Å². The Labute approximate surface area is 92.8 Å². The smallest absolute Gasteiger partial charge is 0.339 e. The molecule has 4 heteroatoms. The summed E-state index contributed by atoms with van der Waals surface area (Å²) >= 11 is 0. The number of benzene rings is 1. The van der Waals surface area contributed by atoms with Gasteiger partial charge in [-0.25, -0.2) is 4.79 Å². The molecule has 0 aliphatic heterocycles. The van der Waals surface area contributed by atoms with Crippen molar-refractivity contribution in [2.24, 2.45) is 5.92 Å². The van der Waals surface area contributed by atoms with Crippen LogP contribution in [0.25, 0.3) is 0 Å². The minimum Gasteiger partial charge on any atom is -0.492 e. The largest absolute Gasteiger partial charge is 0.492 e. The number of hydrogen-bond donors (Lipinski definition) is 1. The second-order valence-electron chi connectivity index (χ2n) is 3.93. The molecule has 1 fully saturated rings. The van der Waals surface area contributed by atoms with Crippen LogP contribution in [0.5, 0.6) is 5.75 Å². The van der Waals surface area contributed by atoms with Crippen LogP contribution in [0.3, 0.4) is 0 Å². The number of hydrogen-bond acceptors (Lipinski definition) is 3. The normalized spacial score (nSPS) is 14.5. The molecule has 1 aliphatic rings. The SMILES string of the molecule is O=Cc1ccc(C(=O)O)c(OCC2CC2)c1. The molecule has 1 aromatic rings. The number of ether oxygens (including phenoxy) is 1. The molecule has 4 nitrogen and oxygen atoms in total. The third-order valence-electron chi connectivity index (χ3n) is 2.54. The lowest BCUT2D eigenvalue weighted by Gasteiger charge is -2.08. The zero-order chi connectivity index (χ0) is 11.5. The Morgan fingerprint density at radius 2 is 2.25 bits per heavy atom. The maximum Gasteiger partial charge on any atom is 0.339 e. The summed E-state index contributed by atoms with van der Waals surface area (Å²) in [5, 5.41) is 8.94. The number of carboxylic acids is 1. The number of aromatic carboxylic acids is 1. The summed E-state index contributed by atoms with van der Waals surface area (Å²) in [4.78, 5) is 21.5. The maximum atomic E-state index is 10.9. The first-order valence-electron chi connectivity index (χ1n) is 5.16. The van der Waals surface area contributed by atoms with E-state index < -0.39 is 5.97 Å². The molecule has 0 unspecified atom stereocenters. The van der Waals surface area contributed by atoms with Crippen molar-refractivity contribution in [1.82, 2.24) is 0 Å². The first kappa shape index (κ1) is 10.7. The summed E-state index contributed by atoms with van der Waals surface area (Å²) in [7, 11) is 0. The highest BCUT2D eigenvalue weighted by Gasteiger charge is 2.23. The standard InChI is InChI=1S/C12H12O4/c13-6-9-3-4-10(12(14)15)11(5-9)16-7-8-1-2-8/h3-6,8H,1-2,7H2,(H,14,15). The van der Waals surface area contributed by atoms with Crippen LogP contribution in [0, 0.1) is 5.92 Å². The molecule has 0 atom stereocenters. The minimum atomic E-state index is -1.04. The molecule has 0 saturated heterocycles. The molecule has 0 amide bonds. The number of aldehydes is 1. The molecule has 0 spiro atoms. The van der Waals surface area contributed by atoms with E-state index in [2.05, 4.69) is 0 Å². The monoisotopic (exact) mass is 220 g/mol. The van der Waals surface area contributed by atoms with E-state index in [0.717, 1.165) is 12.8 Å². The van der Waals surface area contributed by atoms with Crippen LogP contribution < -0.4 is 4.74 Å². The van der Waals surface area contributed by atoms with Crippen LogP contribution >= 0.6 is 0 Å². The average molecular weight is 220 g/mol. The van der Waals surface area contributed by atoms with Gasteiger partial charge in [0.1, 0.15) is 17.6 Å². The van der Waals surface area contributed by atoms with Crippen LogP contribution in [-0.4, -0.2) is 24.0 Å². The molecule has 0 radical (unpaired) electrons. The fourth-order valence-electron chi connectivity index (χ4n) is 1.40. The van der Waals surface area contributed by atoms with Gasteiger partial charge in [0.25, 0.3) is 0 Å². The summed E-state index contributed by atoms with van der Waals surface area (Å²) in [6.45, 7) is 0.530. The van der Waals surface area contributed by atoms with Crippen molar-refractivity contribution >= 4 is 12.3 Å². The van der Waals surface area contributed by atoms with Gasteiger partial charge in [0.15, 0.2) is 0 Å². The number of carbonyl (C=O) groups is 2. The van der Waals surface area contributed by atoms with Gasteiger partial charge >= 0.3 is 5.97 Å². The highest BCUT2D eigenvalue weighted by molar-refractivity contribution is 5.92. The second kappa shape index (κ2) is 4.35. The van der Waals surface area contributed by atoms with Crippen molar-refractivity contribution in [3.05, 3.63) is 29.3 Å². The molecular weight excluding hydrogens is 208 g/mol. The molecule has 1 aromatic carbocycles. The van der Waals surface area contributed by atoms with Crippen molar-refractivity contribution in [1.29, 1.82) is 0 Å². The van der Waals surface area contributed by atoms with Gasteiger partial charge in [0, 0.05) is 5.56 Å². The van der Waals surface area contributed by atoms with Crippen LogP contribution in [0.2, 0.25) is 0 Å². The average Bonchev–Trinajstić information content (AvgIpc) is 3.09. The molecule has 0 heterocycles.